The Kier molecular flexibility index (Phi) is 5.98. The smallest absolute Gasteiger partial charge is 0.295 e. The second kappa shape index (κ2) is 9.09. The Morgan fingerprint density at radius 1 is 1.00 bits per heavy atom. The van der Waals surface area contributed by atoms with Crippen LogP contribution in [0, 0.1) is 6.92 Å². The molecule has 1 aliphatic heterocycles. The van der Waals surface area contributed by atoms with E-state index in [2.05, 4.69) is 0 Å². The molecule has 2 heterocycles. The fraction of sp³-hybridized carbons (Fsp3) is 0.143. The molecular weight excluding hydrogens is 466 g/mol. The van der Waals surface area contributed by atoms with Gasteiger partial charge in [0.1, 0.15) is 5.76 Å². The largest absolute Gasteiger partial charge is 0.507 e. The molecule has 0 spiro atoms. The highest BCUT2D eigenvalue weighted by Crippen LogP contribution is 2.43. The number of carbonyl (C=O) groups is 2. The zero-order valence-electron chi connectivity index (χ0n) is 18.5. The number of amides is 1. The number of aliphatic hydroxyl groups excluding tert-OH is 1. The lowest BCUT2D eigenvalue weighted by molar-refractivity contribution is -0.139. The van der Waals surface area contributed by atoms with Gasteiger partial charge in [-0.15, -0.1) is 11.3 Å². The number of Topliss-reactive ketones (excluding diaryl/α,β-unsaturated/α-hetero) is 1. The van der Waals surface area contributed by atoms with Crippen LogP contribution in [-0.2, 0) is 16.0 Å². The molecule has 1 saturated heterocycles. The van der Waals surface area contributed by atoms with Crippen molar-refractivity contribution in [1.29, 1.82) is 0 Å². The zero-order chi connectivity index (χ0) is 23.8. The van der Waals surface area contributed by atoms with Crippen molar-refractivity contribution in [2.45, 2.75) is 19.4 Å². The van der Waals surface area contributed by atoms with Crippen LogP contribution in [0.4, 0.5) is 0 Å². The summed E-state index contributed by atoms with van der Waals surface area (Å²) < 4.78 is 0. The first kappa shape index (κ1) is 22.4. The first-order valence-corrected chi connectivity index (χ1v) is 12.3. The molecule has 0 radical (unpaired) electrons. The molecule has 6 heteroatoms. The molecular formula is C28H22ClNO3S. The van der Waals surface area contributed by atoms with Crippen LogP contribution < -0.4 is 0 Å². The number of carbonyl (C=O) groups excluding carboxylic acids is 2. The molecule has 1 aliphatic rings. The molecule has 34 heavy (non-hydrogen) atoms. The number of hydrogen-bond acceptors (Lipinski definition) is 4. The molecule has 1 N–H and O–H groups in total. The lowest BCUT2D eigenvalue weighted by Gasteiger charge is -2.25. The zero-order valence-corrected chi connectivity index (χ0v) is 20.1. The van der Waals surface area contributed by atoms with Crippen molar-refractivity contribution >= 4 is 51.2 Å². The Morgan fingerprint density at radius 3 is 2.47 bits per heavy atom. The van der Waals surface area contributed by atoms with Gasteiger partial charge in [0.2, 0.25) is 0 Å². The van der Waals surface area contributed by atoms with Gasteiger partial charge < -0.3 is 10.0 Å². The predicted octanol–water partition coefficient (Wildman–Crippen LogP) is 6.53. The molecule has 4 aromatic rings. The van der Waals surface area contributed by atoms with Crippen LogP contribution in [0.25, 0.3) is 16.5 Å². The average Bonchev–Trinajstić information content (AvgIpc) is 3.38. The van der Waals surface area contributed by atoms with E-state index < -0.39 is 17.7 Å². The van der Waals surface area contributed by atoms with Crippen molar-refractivity contribution in [1.82, 2.24) is 4.90 Å². The molecule has 0 aliphatic carbocycles. The summed E-state index contributed by atoms with van der Waals surface area (Å²) in [7, 11) is 0. The minimum atomic E-state index is -0.653. The summed E-state index contributed by atoms with van der Waals surface area (Å²) in [6.07, 6.45) is 0.569. The first-order valence-electron chi connectivity index (χ1n) is 11.0. The first-order chi connectivity index (χ1) is 16.5. The molecule has 4 nitrogen and oxygen atoms in total. The Balaban J connectivity index is 1.62. The van der Waals surface area contributed by atoms with Crippen LogP contribution in [0.3, 0.4) is 0 Å². The van der Waals surface area contributed by atoms with Gasteiger partial charge in [-0.2, -0.15) is 0 Å². The third-order valence-electron chi connectivity index (χ3n) is 6.29. The Morgan fingerprint density at radius 2 is 1.74 bits per heavy atom. The minimum Gasteiger partial charge on any atom is -0.507 e. The maximum atomic E-state index is 13.3. The van der Waals surface area contributed by atoms with Gasteiger partial charge in [0.25, 0.3) is 11.7 Å². The number of benzene rings is 3. The van der Waals surface area contributed by atoms with Gasteiger partial charge in [-0.25, -0.2) is 0 Å². The fourth-order valence-electron chi connectivity index (χ4n) is 4.53. The summed E-state index contributed by atoms with van der Waals surface area (Å²) in [5.41, 5.74) is 2.69. The van der Waals surface area contributed by atoms with Crippen LogP contribution in [-0.4, -0.2) is 28.2 Å². The van der Waals surface area contributed by atoms with E-state index in [0.29, 0.717) is 23.6 Å². The molecule has 170 valence electrons. The van der Waals surface area contributed by atoms with E-state index in [1.54, 1.807) is 11.0 Å². The summed E-state index contributed by atoms with van der Waals surface area (Å²) in [5, 5.41) is 15.8. The van der Waals surface area contributed by atoms with Crippen molar-refractivity contribution in [3.63, 3.8) is 0 Å². The van der Waals surface area contributed by atoms with Gasteiger partial charge in [-0.3, -0.25) is 9.59 Å². The third-order valence-corrected chi connectivity index (χ3v) is 7.61. The standard InChI is InChI=1S/C28H22ClNO3S/c1-17-14-16-34-27(17)24-23(25(31)22-8-4-6-19-5-2-3-7-21(19)22)26(32)28(33)30(24)15-13-18-9-11-20(29)12-10-18/h2-12,14,16,24,31H,13,15H2,1H3/b25-23+. The highest BCUT2D eigenvalue weighted by atomic mass is 35.5. The molecule has 1 aromatic heterocycles. The number of nitrogens with zero attached hydrogens (tertiary/aromatic N) is 1. The second-order valence-electron chi connectivity index (χ2n) is 8.36. The molecule has 3 aromatic carbocycles. The Labute approximate surface area is 206 Å². The maximum Gasteiger partial charge on any atom is 0.295 e. The number of thiophene rings is 1. The van der Waals surface area contributed by atoms with Crippen molar-refractivity contribution < 1.29 is 14.7 Å². The molecule has 0 saturated carbocycles. The van der Waals surface area contributed by atoms with Gasteiger partial charge in [0.05, 0.1) is 11.6 Å². The van der Waals surface area contributed by atoms with Crippen molar-refractivity contribution in [3.8, 4) is 0 Å². The average molecular weight is 488 g/mol. The quantitative estimate of drug-likeness (QED) is 0.198. The van der Waals surface area contributed by atoms with Crippen LogP contribution in [0.2, 0.25) is 5.02 Å². The minimum absolute atomic E-state index is 0.137. The predicted molar refractivity (Wildman–Crippen MR) is 137 cm³/mol. The summed E-state index contributed by atoms with van der Waals surface area (Å²) >= 11 is 7.49. The van der Waals surface area contributed by atoms with Gasteiger partial charge in [0, 0.05) is 22.0 Å². The summed E-state index contributed by atoms with van der Waals surface area (Å²) in [6, 6.07) is 22.1. The van der Waals surface area contributed by atoms with E-state index in [0.717, 1.165) is 26.8 Å². The highest BCUT2D eigenvalue weighted by molar-refractivity contribution is 7.10. The number of halogens is 1. The van der Waals surface area contributed by atoms with E-state index in [9.17, 15) is 14.7 Å². The van der Waals surface area contributed by atoms with Gasteiger partial charge >= 0.3 is 0 Å². The molecule has 1 fully saturated rings. The normalized spacial score (nSPS) is 17.6. The Hall–Kier alpha value is -3.41. The fourth-order valence-corrected chi connectivity index (χ4v) is 5.70. The summed E-state index contributed by atoms with van der Waals surface area (Å²) in [5.74, 6) is -1.38. The van der Waals surface area contributed by atoms with Crippen molar-refractivity contribution in [2.75, 3.05) is 6.54 Å². The van der Waals surface area contributed by atoms with E-state index in [4.69, 9.17) is 11.6 Å². The molecule has 0 bridgehead atoms. The van der Waals surface area contributed by atoms with Gasteiger partial charge in [-0.05, 0) is 58.8 Å². The van der Waals surface area contributed by atoms with E-state index in [-0.39, 0.29) is 11.3 Å². The van der Waals surface area contributed by atoms with Crippen LogP contribution in [0.1, 0.15) is 27.6 Å². The molecule has 1 atom stereocenters. The number of aryl methyl sites for hydroxylation is 1. The molecule has 1 unspecified atom stereocenters. The van der Waals surface area contributed by atoms with Crippen molar-refractivity contribution in [3.05, 3.63) is 110 Å². The van der Waals surface area contributed by atoms with Gasteiger partial charge in [0.15, 0.2) is 0 Å². The maximum absolute atomic E-state index is 13.3. The number of aliphatic hydroxyl groups is 1. The van der Waals surface area contributed by atoms with Crippen LogP contribution in [0.5, 0.6) is 0 Å². The topological polar surface area (TPSA) is 57.6 Å². The summed E-state index contributed by atoms with van der Waals surface area (Å²) in [6.45, 7) is 2.31. The molecule has 1 amide bonds. The number of ketones is 1. The monoisotopic (exact) mass is 487 g/mol. The van der Waals surface area contributed by atoms with Gasteiger partial charge in [-0.1, -0.05) is 66.2 Å². The lowest BCUT2D eigenvalue weighted by atomic mass is 9.95. The molecule has 5 rings (SSSR count). The van der Waals surface area contributed by atoms with Crippen LogP contribution >= 0.6 is 22.9 Å². The Bertz CT molecular complexity index is 1430. The number of rotatable bonds is 5. The SMILES string of the molecule is Cc1ccsc1C1/C(=C(\O)c2cccc3ccccc23)C(=O)C(=O)N1CCc1ccc(Cl)cc1. The summed E-state index contributed by atoms with van der Waals surface area (Å²) in [4.78, 5) is 29.0. The number of likely N-dealkylation sites (tertiary alicyclic amines) is 1. The second-order valence-corrected chi connectivity index (χ2v) is 9.75. The van der Waals surface area contributed by atoms with E-state index >= 15 is 0 Å². The van der Waals surface area contributed by atoms with Crippen molar-refractivity contribution in [2.24, 2.45) is 0 Å². The third kappa shape index (κ3) is 3.91. The lowest BCUT2D eigenvalue weighted by Crippen LogP contribution is -2.31. The number of fused-ring (bicyclic) bond motifs is 1. The number of hydrogen-bond donors (Lipinski definition) is 1. The van der Waals surface area contributed by atoms with E-state index in [1.165, 1.54) is 11.3 Å². The van der Waals surface area contributed by atoms with Crippen LogP contribution in [0.15, 0.2) is 83.7 Å². The highest BCUT2D eigenvalue weighted by Gasteiger charge is 2.46. The van der Waals surface area contributed by atoms with E-state index in [1.807, 2.05) is 79.0 Å².